The van der Waals surface area contributed by atoms with E-state index >= 15 is 0 Å². The first-order valence-corrected chi connectivity index (χ1v) is 4.57. The van der Waals surface area contributed by atoms with Crippen LogP contribution < -0.4 is 10.5 Å². The van der Waals surface area contributed by atoms with Crippen LogP contribution in [0, 0.1) is 6.92 Å². The van der Waals surface area contributed by atoms with Gasteiger partial charge in [0, 0.05) is 12.2 Å². The SMILES string of the molecule is CCc1nc(C)ccc1OCCN. The molecule has 0 aliphatic heterocycles. The molecule has 0 aromatic carbocycles. The largest absolute Gasteiger partial charge is 0.490 e. The molecule has 13 heavy (non-hydrogen) atoms. The number of aryl methyl sites for hydroxylation is 2. The van der Waals surface area contributed by atoms with Crippen molar-refractivity contribution in [3.8, 4) is 5.75 Å². The third kappa shape index (κ3) is 2.70. The summed E-state index contributed by atoms with van der Waals surface area (Å²) >= 11 is 0. The van der Waals surface area contributed by atoms with Gasteiger partial charge in [0.25, 0.3) is 0 Å². The topological polar surface area (TPSA) is 48.1 Å². The van der Waals surface area contributed by atoms with Crippen LogP contribution in [0.15, 0.2) is 12.1 Å². The molecule has 0 amide bonds. The summed E-state index contributed by atoms with van der Waals surface area (Å²) in [6.45, 7) is 5.14. The summed E-state index contributed by atoms with van der Waals surface area (Å²) < 4.78 is 5.44. The maximum absolute atomic E-state index is 5.44. The van der Waals surface area contributed by atoms with Gasteiger partial charge in [0.1, 0.15) is 12.4 Å². The summed E-state index contributed by atoms with van der Waals surface area (Å²) in [6.07, 6.45) is 0.890. The minimum Gasteiger partial charge on any atom is -0.490 e. The van der Waals surface area contributed by atoms with Crippen molar-refractivity contribution in [2.75, 3.05) is 13.2 Å². The van der Waals surface area contributed by atoms with Crippen LogP contribution >= 0.6 is 0 Å². The zero-order valence-electron chi connectivity index (χ0n) is 8.21. The number of hydrogen-bond acceptors (Lipinski definition) is 3. The predicted molar refractivity (Wildman–Crippen MR) is 52.9 cm³/mol. The number of rotatable bonds is 4. The lowest BCUT2D eigenvalue weighted by Gasteiger charge is -2.08. The maximum Gasteiger partial charge on any atom is 0.140 e. The van der Waals surface area contributed by atoms with Crippen molar-refractivity contribution < 1.29 is 4.74 Å². The van der Waals surface area contributed by atoms with E-state index in [2.05, 4.69) is 11.9 Å². The normalized spacial score (nSPS) is 10.1. The molecule has 0 saturated carbocycles. The highest BCUT2D eigenvalue weighted by Crippen LogP contribution is 2.16. The number of aromatic nitrogens is 1. The molecule has 1 heterocycles. The summed E-state index contributed by atoms with van der Waals surface area (Å²) in [5.41, 5.74) is 7.39. The fourth-order valence-corrected chi connectivity index (χ4v) is 1.15. The molecule has 1 aromatic heterocycles. The van der Waals surface area contributed by atoms with Crippen LogP contribution in [0.4, 0.5) is 0 Å². The van der Waals surface area contributed by atoms with Gasteiger partial charge in [0.15, 0.2) is 0 Å². The molecular formula is C10H16N2O. The number of nitrogens with zero attached hydrogens (tertiary/aromatic N) is 1. The van der Waals surface area contributed by atoms with Crippen molar-refractivity contribution in [1.82, 2.24) is 4.98 Å². The van der Waals surface area contributed by atoms with Crippen molar-refractivity contribution in [2.45, 2.75) is 20.3 Å². The summed E-state index contributed by atoms with van der Waals surface area (Å²) in [4.78, 5) is 4.38. The van der Waals surface area contributed by atoms with Crippen LogP contribution in [0.25, 0.3) is 0 Å². The monoisotopic (exact) mass is 180 g/mol. The lowest BCUT2D eigenvalue weighted by Crippen LogP contribution is -2.12. The number of pyridine rings is 1. The molecule has 0 unspecified atom stereocenters. The Labute approximate surface area is 78.9 Å². The molecule has 0 fully saturated rings. The second-order valence-corrected chi connectivity index (χ2v) is 2.89. The molecular weight excluding hydrogens is 164 g/mol. The van der Waals surface area contributed by atoms with Crippen LogP contribution in [0.5, 0.6) is 5.75 Å². The Morgan fingerprint density at radius 1 is 1.46 bits per heavy atom. The van der Waals surface area contributed by atoms with E-state index in [1.165, 1.54) is 0 Å². The molecule has 0 aliphatic carbocycles. The highest BCUT2D eigenvalue weighted by molar-refractivity contribution is 5.29. The van der Waals surface area contributed by atoms with Crippen LogP contribution in [-0.2, 0) is 6.42 Å². The lowest BCUT2D eigenvalue weighted by atomic mass is 10.2. The van der Waals surface area contributed by atoms with Crippen molar-refractivity contribution >= 4 is 0 Å². The molecule has 1 aromatic rings. The van der Waals surface area contributed by atoms with Gasteiger partial charge in [-0.2, -0.15) is 0 Å². The summed E-state index contributed by atoms with van der Waals surface area (Å²) in [6, 6.07) is 3.90. The Bertz CT molecular complexity index is 274. The molecule has 72 valence electrons. The van der Waals surface area contributed by atoms with Crippen molar-refractivity contribution in [3.05, 3.63) is 23.5 Å². The Balaban J connectivity index is 2.79. The van der Waals surface area contributed by atoms with E-state index in [-0.39, 0.29) is 0 Å². The fraction of sp³-hybridized carbons (Fsp3) is 0.500. The molecule has 1 rings (SSSR count). The third-order valence-corrected chi connectivity index (χ3v) is 1.78. The minimum absolute atomic E-state index is 0.539. The first-order chi connectivity index (χ1) is 6.27. The lowest BCUT2D eigenvalue weighted by molar-refractivity contribution is 0.323. The van der Waals surface area contributed by atoms with Crippen LogP contribution in [-0.4, -0.2) is 18.1 Å². The average Bonchev–Trinajstić information content (AvgIpc) is 2.16. The van der Waals surface area contributed by atoms with Gasteiger partial charge in [-0.05, 0) is 25.5 Å². The van der Waals surface area contributed by atoms with Crippen LogP contribution in [0.3, 0.4) is 0 Å². The Morgan fingerprint density at radius 3 is 2.85 bits per heavy atom. The van der Waals surface area contributed by atoms with E-state index in [1.54, 1.807) is 0 Å². The second-order valence-electron chi connectivity index (χ2n) is 2.89. The zero-order valence-corrected chi connectivity index (χ0v) is 8.21. The van der Waals surface area contributed by atoms with E-state index in [0.29, 0.717) is 13.2 Å². The quantitative estimate of drug-likeness (QED) is 0.759. The molecule has 0 aliphatic rings. The van der Waals surface area contributed by atoms with E-state index in [0.717, 1.165) is 23.6 Å². The molecule has 0 bridgehead atoms. The van der Waals surface area contributed by atoms with E-state index < -0.39 is 0 Å². The molecule has 0 atom stereocenters. The summed E-state index contributed by atoms with van der Waals surface area (Å²) in [5, 5.41) is 0. The van der Waals surface area contributed by atoms with Gasteiger partial charge in [-0.1, -0.05) is 6.92 Å². The van der Waals surface area contributed by atoms with E-state index in [1.807, 2.05) is 19.1 Å². The van der Waals surface area contributed by atoms with Gasteiger partial charge >= 0.3 is 0 Å². The predicted octanol–water partition coefficient (Wildman–Crippen LogP) is 1.29. The van der Waals surface area contributed by atoms with Crippen LogP contribution in [0.1, 0.15) is 18.3 Å². The van der Waals surface area contributed by atoms with Gasteiger partial charge < -0.3 is 10.5 Å². The Hall–Kier alpha value is -1.09. The second kappa shape index (κ2) is 4.82. The Kier molecular flexibility index (Phi) is 3.71. The first kappa shape index (κ1) is 9.99. The fourth-order valence-electron chi connectivity index (χ4n) is 1.15. The molecule has 3 nitrogen and oxygen atoms in total. The zero-order chi connectivity index (χ0) is 9.68. The summed E-state index contributed by atoms with van der Waals surface area (Å²) in [5.74, 6) is 0.860. The Morgan fingerprint density at radius 2 is 2.23 bits per heavy atom. The van der Waals surface area contributed by atoms with Crippen LogP contribution in [0.2, 0.25) is 0 Å². The highest BCUT2D eigenvalue weighted by atomic mass is 16.5. The number of hydrogen-bond donors (Lipinski definition) is 1. The van der Waals surface area contributed by atoms with Crippen molar-refractivity contribution in [2.24, 2.45) is 5.73 Å². The third-order valence-electron chi connectivity index (χ3n) is 1.78. The summed E-state index contributed by atoms with van der Waals surface area (Å²) in [7, 11) is 0. The average molecular weight is 180 g/mol. The van der Waals surface area contributed by atoms with Gasteiger partial charge in [0.2, 0.25) is 0 Å². The maximum atomic E-state index is 5.44. The number of ether oxygens (including phenoxy) is 1. The first-order valence-electron chi connectivity index (χ1n) is 4.57. The highest BCUT2D eigenvalue weighted by Gasteiger charge is 2.02. The molecule has 0 saturated heterocycles. The standard InChI is InChI=1S/C10H16N2O/c1-3-9-10(13-7-6-11)5-4-8(2)12-9/h4-5H,3,6-7,11H2,1-2H3. The molecule has 3 heteroatoms. The smallest absolute Gasteiger partial charge is 0.140 e. The molecule has 2 N–H and O–H groups in total. The van der Waals surface area contributed by atoms with Gasteiger partial charge in [0.05, 0.1) is 5.69 Å². The minimum atomic E-state index is 0.539. The van der Waals surface area contributed by atoms with Gasteiger partial charge in [-0.3, -0.25) is 4.98 Å². The van der Waals surface area contributed by atoms with Crippen molar-refractivity contribution in [3.63, 3.8) is 0 Å². The van der Waals surface area contributed by atoms with Crippen molar-refractivity contribution in [1.29, 1.82) is 0 Å². The van der Waals surface area contributed by atoms with E-state index in [9.17, 15) is 0 Å². The number of nitrogens with two attached hydrogens (primary N) is 1. The van der Waals surface area contributed by atoms with Gasteiger partial charge in [-0.25, -0.2) is 0 Å². The van der Waals surface area contributed by atoms with Gasteiger partial charge in [-0.15, -0.1) is 0 Å². The molecule has 0 radical (unpaired) electrons. The molecule has 0 spiro atoms. The van der Waals surface area contributed by atoms with E-state index in [4.69, 9.17) is 10.5 Å².